The number of nitrogens with one attached hydrogen (secondary N) is 1. The maximum absolute atomic E-state index is 12.0. The fourth-order valence-corrected chi connectivity index (χ4v) is 1.91. The summed E-state index contributed by atoms with van der Waals surface area (Å²) < 4.78 is 0. The number of nitrogen functional groups attached to an aromatic ring is 1. The summed E-state index contributed by atoms with van der Waals surface area (Å²) in [6.07, 6.45) is 2.06. The van der Waals surface area contributed by atoms with Crippen LogP contribution in [0.1, 0.15) is 42.6 Å². The van der Waals surface area contributed by atoms with Crippen LogP contribution in [0.2, 0.25) is 0 Å². The highest BCUT2D eigenvalue weighted by atomic mass is 16.1. The van der Waals surface area contributed by atoms with Crippen LogP contribution >= 0.6 is 0 Å². The summed E-state index contributed by atoms with van der Waals surface area (Å²) >= 11 is 0. The van der Waals surface area contributed by atoms with E-state index in [1.165, 1.54) is 0 Å². The number of rotatable bonds is 7. The van der Waals surface area contributed by atoms with E-state index in [0.29, 0.717) is 23.8 Å². The van der Waals surface area contributed by atoms with E-state index >= 15 is 0 Å². The molecule has 0 aliphatic rings. The highest BCUT2D eigenvalue weighted by Gasteiger charge is 2.09. The molecule has 0 saturated carbocycles. The van der Waals surface area contributed by atoms with Gasteiger partial charge in [-0.05, 0) is 59.3 Å². The number of unbranched alkanes of at least 4 members (excludes halogenated alkanes) is 1. The number of amides is 1. The second kappa shape index (κ2) is 7.90. The summed E-state index contributed by atoms with van der Waals surface area (Å²) in [4.78, 5) is 14.3. The van der Waals surface area contributed by atoms with Crippen molar-refractivity contribution in [3.63, 3.8) is 0 Å². The van der Waals surface area contributed by atoms with E-state index in [-0.39, 0.29) is 5.91 Å². The molecule has 0 heterocycles. The lowest BCUT2D eigenvalue weighted by Crippen LogP contribution is -2.29. The molecule has 0 atom stereocenters. The molecule has 112 valence electrons. The molecule has 1 rings (SSSR count). The van der Waals surface area contributed by atoms with Crippen molar-refractivity contribution in [3.8, 4) is 0 Å². The first-order valence-electron chi connectivity index (χ1n) is 7.26. The standard InChI is InChI=1S/C16H27N3O/c1-12(2)19(4)10-6-5-9-18-16(20)14-11-13(3)7-8-15(14)17/h7-8,11-12H,5-6,9-10,17H2,1-4H3,(H,18,20). The number of benzene rings is 1. The Kier molecular flexibility index (Phi) is 6.52. The van der Waals surface area contributed by atoms with Gasteiger partial charge in [-0.1, -0.05) is 11.6 Å². The van der Waals surface area contributed by atoms with Gasteiger partial charge >= 0.3 is 0 Å². The first kappa shape index (κ1) is 16.5. The fourth-order valence-electron chi connectivity index (χ4n) is 1.91. The highest BCUT2D eigenvalue weighted by molar-refractivity contribution is 5.99. The van der Waals surface area contributed by atoms with Crippen molar-refractivity contribution in [1.29, 1.82) is 0 Å². The lowest BCUT2D eigenvalue weighted by molar-refractivity contribution is 0.0953. The maximum Gasteiger partial charge on any atom is 0.253 e. The van der Waals surface area contributed by atoms with Crippen molar-refractivity contribution >= 4 is 11.6 Å². The predicted octanol–water partition coefficient (Wildman–Crippen LogP) is 2.43. The molecule has 0 aliphatic heterocycles. The number of aryl methyl sites for hydroxylation is 1. The van der Waals surface area contributed by atoms with Gasteiger partial charge in [-0.15, -0.1) is 0 Å². The largest absolute Gasteiger partial charge is 0.398 e. The minimum atomic E-state index is -0.0802. The smallest absolute Gasteiger partial charge is 0.253 e. The van der Waals surface area contributed by atoms with Crippen molar-refractivity contribution in [3.05, 3.63) is 29.3 Å². The van der Waals surface area contributed by atoms with E-state index in [2.05, 4.69) is 31.1 Å². The van der Waals surface area contributed by atoms with Crippen molar-refractivity contribution in [2.75, 3.05) is 25.9 Å². The minimum Gasteiger partial charge on any atom is -0.398 e. The van der Waals surface area contributed by atoms with Crippen LogP contribution in [-0.4, -0.2) is 37.0 Å². The van der Waals surface area contributed by atoms with Gasteiger partial charge in [0.1, 0.15) is 0 Å². The predicted molar refractivity (Wildman–Crippen MR) is 84.9 cm³/mol. The molecule has 0 fully saturated rings. The van der Waals surface area contributed by atoms with Gasteiger partial charge in [0.2, 0.25) is 0 Å². The maximum atomic E-state index is 12.0. The third-order valence-corrected chi connectivity index (χ3v) is 3.56. The van der Waals surface area contributed by atoms with E-state index in [0.717, 1.165) is 24.9 Å². The van der Waals surface area contributed by atoms with Crippen LogP contribution in [0, 0.1) is 6.92 Å². The molecule has 0 aromatic heterocycles. The quantitative estimate of drug-likeness (QED) is 0.594. The Morgan fingerprint density at radius 2 is 2.05 bits per heavy atom. The van der Waals surface area contributed by atoms with Gasteiger partial charge in [0.05, 0.1) is 5.56 Å². The van der Waals surface area contributed by atoms with Crippen molar-refractivity contribution in [2.24, 2.45) is 0 Å². The Balaban J connectivity index is 2.32. The van der Waals surface area contributed by atoms with Crippen LogP contribution in [0.4, 0.5) is 5.69 Å². The van der Waals surface area contributed by atoms with Gasteiger partial charge < -0.3 is 16.0 Å². The number of carbonyl (C=O) groups is 1. The van der Waals surface area contributed by atoms with Crippen LogP contribution in [0.3, 0.4) is 0 Å². The van der Waals surface area contributed by atoms with Gasteiger partial charge in [0.15, 0.2) is 0 Å². The van der Waals surface area contributed by atoms with E-state index in [4.69, 9.17) is 5.73 Å². The Hall–Kier alpha value is -1.55. The average Bonchev–Trinajstić information content (AvgIpc) is 2.40. The Bertz CT molecular complexity index is 443. The third-order valence-electron chi connectivity index (χ3n) is 3.56. The average molecular weight is 277 g/mol. The van der Waals surface area contributed by atoms with Crippen LogP contribution in [-0.2, 0) is 0 Å². The summed E-state index contributed by atoms with van der Waals surface area (Å²) in [7, 11) is 2.12. The second-order valence-corrected chi connectivity index (χ2v) is 5.63. The van der Waals surface area contributed by atoms with E-state index in [9.17, 15) is 4.79 Å². The lowest BCUT2D eigenvalue weighted by atomic mass is 10.1. The monoisotopic (exact) mass is 277 g/mol. The van der Waals surface area contributed by atoms with E-state index < -0.39 is 0 Å². The van der Waals surface area contributed by atoms with Crippen LogP contribution < -0.4 is 11.1 Å². The Morgan fingerprint density at radius 3 is 2.70 bits per heavy atom. The van der Waals surface area contributed by atoms with Crippen LogP contribution in [0.5, 0.6) is 0 Å². The van der Waals surface area contributed by atoms with Gasteiger partial charge in [-0.2, -0.15) is 0 Å². The van der Waals surface area contributed by atoms with Crippen LogP contribution in [0.25, 0.3) is 0 Å². The molecule has 0 unspecified atom stereocenters. The fraction of sp³-hybridized carbons (Fsp3) is 0.562. The van der Waals surface area contributed by atoms with Gasteiger partial charge in [0.25, 0.3) is 5.91 Å². The number of hydrogen-bond donors (Lipinski definition) is 2. The summed E-state index contributed by atoms with van der Waals surface area (Å²) in [5.74, 6) is -0.0802. The molecule has 0 bridgehead atoms. The number of nitrogens with zero attached hydrogens (tertiary/aromatic N) is 1. The van der Waals surface area contributed by atoms with Crippen molar-refractivity contribution < 1.29 is 4.79 Å². The molecule has 1 aromatic rings. The van der Waals surface area contributed by atoms with Gasteiger partial charge in [-0.25, -0.2) is 0 Å². The number of nitrogens with two attached hydrogens (primary N) is 1. The van der Waals surface area contributed by atoms with Crippen LogP contribution in [0.15, 0.2) is 18.2 Å². The van der Waals surface area contributed by atoms with Gasteiger partial charge in [0, 0.05) is 18.3 Å². The molecular weight excluding hydrogens is 250 g/mol. The van der Waals surface area contributed by atoms with E-state index in [1.54, 1.807) is 6.07 Å². The zero-order valence-electron chi connectivity index (χ0n) is 13.1. The summed E-state index contributed by atoms with van der Waals surface area (Å²) in [6, 6.07) is 6.09. The van der Waals surface area contributed by atoms with Crippen molar-refractivity contribution in [2.45, 2.75) is 39.7 Å². The SMILES string of the molecule is Cc1ccc(N)c(C(=O)NCCCCN(C)C(C)C)c1. The zero-order chi connectivity index (χ0) is 15.1. The third kappa shape index (κ3) is 5.21. The first-order valence-corrected chi connectivity index (χ1v) is 7.26. The molecule has 4 heteroatoms. The summed E-state index contributed by atoms with van der Waals surface area (Å²) in [5, 5.41) is 2.93. The Morgan fingerprint density at radius 1 is 1.35 bits per heavy atom. The normalized spacial score (nSPS) is 11.1. The summed E-state index contributed by atoms with van der Waals surface area (Å²) in [6.45, 7) is 8.07. The molecule has 1 amide bonds. The van der Waals surface area contributed by atoms with Crippen molar-refractivity contribution in [1.82, 2.24) is 10.2 Å². The molecular formula is C16H27N3O. The number of anilines is 1. The highest BCUT2D eigenvalue weighted by Crippen LogP contribution is 2.13. The second-order valence-electron chi connectivity index (χ2n) is 5.63. The molecule has 4 nitrogen and oxygen atoms in total. The Labute approximate surface area is 122 Å². The minimum absolute atomic E-state index is 0.0802. The molecule has 1 aromatic carbocycles. The van der Waals surface area contributed by atoms with E-state index in [1.807, 2.05) is 19.1 Å². The zero-order valence-corrected chi connectivity index (χ0v) is 13.1. The van der Waals surface area contributed by atoms with Gasteiger partial charge in [-0.3, -0.25) is 4.79 Å². The summed E-state index contributed by atoms with van der Waals surface area (Å²) in [5.41, 5.74) is 7.98. The number of carbonyl (C=O) groups excluding carboxylic acids is 1. The number of hydrogen-bond acceptors (Lipinski definition) is 3. The lowest BCUT2D eigenvalue weighted by Gasteiger charge is -2.20. The topological polar surface area (TPSA) is 58.4 Å². The first-order chi connectivity index (χ1) is 9.41. The molecule has 20 heavy (non-hydrogen) atoms. The molecule has 3 N–H and O–H groups in total. The molecule has 0 spiro atoms. The molecule has 0 radical (unpaired) electrons. The molecule has 0 aliphatic carbocycles. The molecule has 0 saturated heterocycles.